The molecule has 21 heavy (non-hydrogen) atoms. The van der Waals surface area contributed by atoms with Crippen LogP contribution in [-0.4, -0.2) is 0 Å². The fourth-order valence-corrected chi connectivity index (χ4v) is 4.84. The Hall–Kier alpha value is -0.490. The lowest BCUT2D eigenvalue weighted by molar-refractivity contribution is 0.251. The van der Waals surface area contributed by atoms with Crippen molar-refractivity contribution in [1.29, 1.82) is 0 Å². The molecule has 0 radical (unpaired) electrons. The van der Waals surface area contributed by atoms with E-state index in [0.717, 1.165) is 19.3 Å². The highest BCUT2D eigenvalue weighted by molar-refractivity contribution is 6.21. The first-order valence-electron chi connectivity index (χ1n) is 8.73. The van der Waals surface area contributed by atoms with Gasteiger partial charge in [0.1, 0.15) is 0 Å². The molecule has 1 aromatic rings. The number of halogens is 1. The maximum atomic E-state index is 7.06. The molecule has 0 nitrogen and oxygen atoms in total. The standard InChI is InChI=1S/C20H31Cl/c1-6-14-12-15(7-2)18(16(8-3)13-14)19(21)17-10-9-11-20(17,4)5/h12-13,17,19H,6-11H2,1-5H3. The van der Waals surface area contributed by atoms with Gasteiger partial charge in [0.05, 0.1) is 5.38 Å². The second-order valence-electron chi connectivity index (χ2n) is 7.28. The summed E-state index contributed by atoms with van der Waals surface area (Å²) < 4.78 is 0. The Balaban J connectivity index is 2.46. The summed E-state index contributed by atoms with van der Waals surface area (Å²) in [6.07, 6.45) is 7.22. The monoisotopic (exact) mass is 306 g/mol. The van der Waals surface area contributed by atoms with E-state index in [1.807, 2.05) is 0 Å². The number of alkyl halides is 1. The van der Waals surface area contributed by atoms with Crippen LogP contribution in [0.15, 0.2) is 12.1 Å². The molecule has 0 heterocycles. The number of hydrogen-bond donors (Lipinski definition) is 0. The number of hydrogen-bond acceptors (Lipinski definition) is 0. The maximum Gasteiger partial charge on any atom is 0.0623 e. The molecule has 0 amide bonds. The van der Waals surface area contributed by atoms with Crippen molar-refractivity contribution in [2.24, 2.45) is 11.3 Å². The molecule has 1 saturated carbocycles. The smallest absolute Gasteiger partial charge is 0.0623 e. The lowest BCUT2D eigenvalue weighted by atomic mass is 9.76. The van der Waals surface area contributed by atoms with Crippen LogP contribution in [0.25, 0.3) is 0 Å². The zero-order chi connectivity index (χ0) is 15.6. The van der Waals surface area contributed by atoms with Crippen LogP contribution in [0, 0.1) is 11.3 Å². The van der Waals surface area contributed by atoms with Crippen molar-refractivity contribution in [2.75, 3.05) is 0 Å². The zero-order valence-corrected chi connectivity index (χ0v) is 15.2. The highest BCUT2D eigenvalue weighted by atomic mass is 35.5. The van der Waals surface area contributed by atoms with Gasteiger partial charge < -0.3 is 0 Å². The third-order valence-electron chi connectivity index (χ3n) is 5.55. The predicted molar refractivity (Wildman–Crippen MR) is 94.3 cm³/mol. The molecule has 0 spiro atoms. The molecule has 1 aliphatic rings. The minimum absolute atomic E-state index is 0.179. The summed E-state index contributed by atoms with van der Waals surface area (Å²) in [5.41, 5.74) is 6.26. The van der Waals surface area contributed by atoms with E-state index in [2.05, 4.69) is 46.8 Å². The third-order valence-corrected chi connectivity index (χ3v) is 6.07. The maximum absolute atomic E-state index is 7.06. The first-order valence-corrected chi connectivity index (χ1v) is 9.16. The second-order valence-corrected chi connectivity index (χ2v) is 7.75. The molecule has 2 unspecified atom stereocenters. The van der Waals surface area contributed by atoms with Crippen molar-refractivity contribution < 1.29 is 0 Å². The average molecular weight is 307 g/mol. The average Bonchev–Trinajstić information content (AvgIpc) is 2.84. The van der Waals surface area contributed by atoms with E-state index < -0.39 is 0 Å². The Kier molecular flexibility index (Phi) is 5.41. The Morgan fingerprint density at radius 3 is 2.05 bits per heavy atom. The van der Waals surface area contributed by atoms with Crippen LogP contribution in [0.4, 0.5) is 0 Å². The minimum Gasteiger partial charge on any atom is -0.117 e. The van der Waals surface area contributed by atoms with Gasteiger partial charge in [0.25, 0.3) is 0 Å². The summed E-state index contributed by atoms with van der Waals surface area (Å²) in [6.45, 7) is 11.6. The molecule has 1 fully saturated rings. The molecular formula is C20H31Cl. The van der Waals surface area contributed by atoms with E-state index in [0.29, 0.717) is 11.3 Å². The van der Waals surface area contributed by atoms with Crippen LogP contribution in [-0.2, 0) is 19.3 Å². The predicted octanol–water partition coefficient (Wildman–Crippen LogP) is 6.48. The largest absolute Gasteiger partial charge is 0.117 e. The molecule has 0 saturated heterocycles. The summed E-state index contributed by atoms with van der Waals surface area (Å²) in [4.78, 5) is 0. The van der Waals surface area contributed by atoms with E-state index >= 15 is 0 Å². The number of aryl methyl sites for hydroxylation is 3. The molecule has 2 rings (SSSR count). The van der Waals surface area contributed by atoms with Gasteiger partial charge in [0, 0.05) is 0 Å². The normalized spacial score (nSPS) is 22.5. The first kappa shape index (κ1) is 16.9. The topological polar surface area (TPSA) is 0 Å². The Bertz CT molecular complexity index is 462. The van der Waals surface area contributed by atoms with Crippen LogP contribution in [0.5, 0.6) is 0 Å². The Labute approximate surface area is 136 Å². The second kappa shape index (κ2) is 6.73. The fraction of sp³-hybridized carbons (Fsp3) is 0.700. The first-order chi connectivity index (χ1) is 9.94. The van der Waals surface area contributed by atoms with E-state index in [1.54, 1.807) is 0 Å². The van der Waals surface area contributed by atoms with Crippen molar-refractivity contribution in [3.63, 3.8) is 0 Å². The Morgan fingerprint density at radius 1 is 1.10 bits per heavy atom. The lowest BCUT2D eigenvalue weighted by Gasteiger charge is -2.33. The van der Waals surface area contributed by atoms with Crippen molar-refractivity contribution in [3.05, 3.63) is 34.4 Å². The van der Waals surface area contributed by atoms with Crippen molar-refractivity contribution in [3.8, 4) is 0 Å². The van der Waals surface area contributed by atoms with Crippen LogP contribution in [0.1, 0.15) is 81.5 Å². The molecule has 0 bridgehead atoms. The van der Waals surface area contributed by atoms with Gasteiger partial charge in [0.15, 0.2) is 0 Å². The molecule has 1 aliphatic carbocycles. The van der Waals surface area contributed by atoms with Gasteiger partial charge in [-0.1, -0.05) is 53.2 Å². The quantitative estimate of drug-likeness (QED) is 0.546. The molecule has 0 aliphatic heterocycles. The highest BCUT2D eigenvalue weighted by Crippen LogP contribution is 2.52. The number of benzene rings is 1. The highest BCUT2D eigenvalue weighted by Gasteiger charge is 2.40. The molecule has 0 aromatic heterocycles. The Morgan fingerprint density at radius 2 is 1.67 bits per heavy atom. The molecule has 1 aromatic carbocycles. The SMILES string of the molecule is CCc1cc(CC)c(C(Cl)C2CCCC2(C)C)c(CC)c1. The van der Waals surface area contributed by atoms with E-state index in [4.69, 9.17) is 11.6 Å². The minimum atomic E-state index is 0.179. The summed E-state index contributed by atoms with van der Waals surface area (Å²) in [5.74, 6) is 0.613. The van der Waals surface area contributed by atoms with Crippen LogP contribution >= 0.6 is 11.6 Å². The molecule has 2 atom stereocenters. The fourth-order valence-electron chi connectivity index (χ4n) is 4.09. The summed E-state index contributed by atoms with van der Waals surface area (Å²) in [5, 5.41) is 0.179. The van der Waals surface area contributed by atoms with Gasteiger partial charge in [0.2, 0.25) is 0 Å². The molecule has 0 N–H and O–H groups in total. The molecule has 1 heteroatoms. The van der Waals surface area contributed by atoms with Gasteiger partial charge in [-0.15, -0.1) is 11.6 Å². The van der Waals surface area contributed by atoms with Crippen molar-refractivity contribution in [2.45, 2.75) is 78.5 Å². The number of rotatable bonds is 5. The van der Waals surface area contributed by atoms with Crippen LogP contribution < -0.4 is 0 Å². The summed E-state index contributed by atoms with van der Waals surface area (Å²) in [7, 11) is 0. The van der Waals surface area contributed by atoms with Gasteiger partial charge in [-0.05, 0) is 65.7 Å². The molecule has 118 valence electrons. The molecular weight excluding hydrogens is 276 g/mol. The van der Waals surface area contributed by atoms with Gasteiger partial charge in [-0.2, -0.15) is 0 Å². The van der Waals surface area contributed by atoms with E-state index in [1.165, 1.54) is 41.5 Å². The van der Waals surface area contributed by atoms with Gasteiger partial charge in [-0.25, -0.2) is 0 Å². The van der Waals surface area contributed by atoms with E-state index in [9.17, 15) is 0 Å². The third kappa shape index (κ3) is 3.31. The van der Waals surface area contributed by atoms with Crippen molar-refractivity contribution in [1.82, 2.24) is 0 Å². The van der Waals surface area contributed by atoms with Crippen LogP contribution in [0.2, 0.25) is 0 Å². The summed E-state index contributed by atoms with van der Waals surface area (Å²) >= 11 is 7.06. The van der Waals surface area contributed by atoms with Crippen molar-refractivity contribution >= 4 is 11.6 Å². The van der Waals surface area contributed by atoms with E-state index in [-0.39, 0.29) is 5.38 Å². The lowest BCUT2D eigenvalue weighted by Crippen LogP contribution is -2.23. The van der Waals surface area contributed by atoms with Gasteiger partial charge >= 0.3 is 0 Å². The van der Waals surface area contributed by atoms with Gasteiger partial charge in [-0.3, -0.25) is 0 Å². The zero-order valence-electron chi connectivity index (χ0n) is 14.4. The van der Waals surface area contributed by atoms with Crippen LogP contribution in [0.3, 0.4) is 0 Å². The summed E-state index contributed by atoms with van der Waals surface area (Å²) in [6, 6.07) is 4.79.